The minimum Gasteiger partial charge on any atom is -1.00 e. The normalized spacial score (nSPS) is 26.3. The second-order valence-electron chi connectivity index (χ2n) is 4.27. The van der Waals surface area contributed by atoms with Crippen LogP contribution in [-0.2, 0) is 16.1 Å². The van der Waals surface area contributed by atoms with Crippen molar-refractivity contribution >= 4 is 11.9 Å². The molecule has 0 spiro atoms. The third kappa shape index (κ3) is 2.85. The molecule has 2 rings (SSSR count). The molecule has 0 unspecified atom stereocenters. The first-order chi connectivity index (χ1) is 8.01. The zero-order valence-electron chi connectivity index (χ0n) is 9.54. The number of nitrogens with zero attached hydrogens (tertiary/aromatic N) is 1. The number of pyridine rings is 1. The number of rotatable bonds is 3. The average molecular weight is 316 g/mol. The van der Waals surface area contributed by atoms with Gasteiger partial charge in [0, 0.05) is 18.6 Å². The van der Waals surface area contributed by atoms with Gasteiger partial charge < -0.3 is 33.1 Å². The highest BCUT2D eigenvalue weighted by Gasteiger charge is 2.49. The van der Waals surface area contributed by atoms with Gasteiger partial charge >= 0.3 is 5.97 Å². The molecule has 7 heteroatoms. The SMILES string of the molecule is N[C@]1(C[n+]2ccccc2)C[C@@H](C(=O)O)NC1=O.[Br-]. The third-order valence-electron chi connectivity index (χ3n) is 2.87. The van der Waals surface area contributed by atoms with Gasteiger partial charge in [-0.05, 0) is 0 Å². The first-order valence-corrected chi connectivity index (χ1v) is 5.28. The lowest BCUT2D eigenvalue weighted by Gasteiger charge is -2.16. The van der Waals surface area contributed by atoms with Crippen LogP contribution in [0.3, 0.4) is 0 Å². The molecule has 2 atom stereocenters. The Hall–Kier alpha value is -1.47. The van der Waals surface area contributed by atoms with Crippen molar-refractivity contribution in [3.8, 4) is 0 Å². The molecule has 98 valence electrons. The van der Waals surface area contributed by atoms with Crippen molar-refractivity contribution in [2.75, 3.05) is 0 Å². The molecule has 1 fully saturated rings. The fourth-order valence-electron chi connectivity index (χ4n) is 1.96. The molecule has 0 radical (unpaired) electrons. The minimum absolute atomic E-state index is 0. The number of carbonyl (C=O) groups is 2. The van der Waals surface area contributed by atoms with E-state index in [0.29, 0.717) is 0 Å². The van der Waals surface area contributed by atoms with Crippen LogP contribution in [0, 0.1) is 0 Å². The van der Waals surface area contributed by atoms with Gasteiger partial charge in [0.1, 0.15) is 6.04 Å². The molecule has 1 aromatic rings. The molecule has 1 amide bonds. The van der Waals surface area contributed by atoms with Gasteiger partial charge in [-0.3, -0.25) is 4.79 Å². The highest BCUT2D eigenvalue weighted by molar-refractivity contribution is 5.94. The Morgan fingerprint density at radius 3 is 2.61 bits per heavy atom. The maximum Gasteiger partial charge on any atom is 0.326 e. The Balaban J connectivity index is 0.00000162. The first kappa shape index (κ1) is 14.6. The van der Waals surface area contributed by atoms with Crippen LogP contribution in [0.2, 0.25) is 0 Å². The van der Waals surface area contributed by atoms with E-state index in [1.54, 1.807) is 17.0 Å². The maximum absolute atomic E-state index is 11.7. The summed E-state index contributed by atoms with van der Waals surface area (Å²) in [6.45, 7) is 0.267. The fraction of sp³-hybridized carbons (Fsp3) is 0.364. The molecule has 0 aliphatic carbocycles. The Labute approximate surface area is 115 Å². The predicted octanol–water partition coefficient (Wildman–Crippen LogP) is -4.35. The molecule has 6 nitrogen and oxygen atoms in total. The largest absolute Gasteiger partial charge is 1.00 e. The Morgan fingerprint density at radius 2 is 2.11 bits per heavy atom. The van der Waals surface area contributed by atoms with Crippen molar-refractivity contribution in [2.45, 2.75) is 24.5 Å². The van der Waals surface area contributed by atoms with Crippen molar-refractivity contribution in [3.63, 3.8) is 0 Å². The molecule has 1 saturated heterocycles. The molecular formula is C11H14BrN3O3. The number of hydrogen-bond acceptors (Lipinski definition) is 3. The van der Waals surface area contributed by atoms with Gasteiger partial charge in [0.05, 0.1) is 0 Å². The summed E-state index contributed by atoms with van der Waals surface area (Å²) >= 11 is 0. The Morgan fingerprint density at radius 1 is 1.50 bits per heavy atom. The Kier molecular flexibility index (Phi) is 4.42. The molecule has 18 heavy (non-hydrogen) atoms. The van der Waals surface area contributed by atoms with Gasteiger partial charge in [-0.1, -0.05) is 6.07 Å². The van der Waals surface area contributed by atoms with Gasteiger partial charge in [-0.2, -0.15) is 0 Å². The lowest BCUT2D eigenvalue weighted by atomic mass is 9.96. The number of halogens is 1. The van der Waals surface area contributed by atoms with Crippen molar-refractivity contribution in [2.24, 2.45) is 5.73 Å². The summed E-state index contributed by atoms with van der Waals surface area (Å²) in [6, 6.07) is 4.61. The average Bonchev–Trinajstić information content (AvgIpc) is 2.57. The molecule has 1 aliphatic rings. The second kappa shape index (κ2) is 5.45. The standard InChI is InChI=1S/C11H13N3O3.BrH/c12-11(7-14-4-2-1-3-5-14)6-8(9(15)16)13-10(11)17;/h1-5,8H,6-7,12H2,(H-,13,15,16,17);1H/t8-,11-;/m0./s1. The fourth-order valence-corrected chi connectivity index (χ4v) is 1.96. The number of carboxylic acids is 1. The van der Waals surface area contributed by atoms with Gasteiger partial charge in [0.25, 0.3) is 0 Å². The van der Waals surface area contributed by atoms with Gasteiger partial charge in [0.2, 0.25) is 5.91 Å². The molecule has 1 aliphatic heterocycles. The van der Waals surface area contributed by atoms with Crippen LogP contribution in [0.4, 0.5) is 0 Å². The first-order valence-electron chi connectivity index (χ1n) is 5.28. The lowest BCUT2D eigenvalue weighted by molar-refractivity contribution is -0.701. The van der Waals surface area contributed by atoms with Crippen LogP contribution in [-0.4, -0.2) is 28.6 Å². The van der Waals surface area contributed by atoms with Crippen LogP contribution in [0.1, 0.15) is 6.42 Å². The number of aliphatic carboxylic acids is 1. The summed E-state index contributed by atoms with van der Waals surface area (Å²) < 4.78 is 1.77. The van der Waals surface area contributed by atoms with Crippen LogP contribution in [0.15, 0.2) is 30.6 Å². The van der Waals surface area contributed by atoms with Crippen LogP contribution >= 0.6 is 0 Å². The number of nitrogens with two attached hydrogens (primary N) is 1. The van der Waals surface area contributed by atoms with E-state index in [2.05, 4.69) is 5.32 Å². The van der Waals surface area contributed by atoms with E-state index < -0.39 is 23.5 Å². The van der Waals surface area contributed by atoms with E-state index in [9.17, 15) is 9.59 Å². The quantitative estimate of drug-likeness (QED) is 0.491. The minimum atomic E-state index is -1.16. The van der Waals surface area contributed by atoms with Crippen molar-refractivity contribution in [1.82, 2.24) is 5.32 Å². The zero-order valence-corrected chi connectivity index (χ0v) is 11.1. The number of hydrogen-bond donors (Lipinski definition) is 3. The van der Waals surface area contributed by atoms with E-state index in [-0.39, 0.29) is 29.9 Å². The molecule has 0 bridgehead atoms. The van der Waals surface area contributed by atoms with Crippen molar-refractivity contribution in [3.05, 3.63) is 30.6 Å². The monoisotopic (exact) mass is 315 g/mol. The number of aromatic nitrogens is 1. The lowest BCUT2D eigenvalue weighted by Crippen LogP contribution is -3.00. The predicted molar refractivity (Wildman–Crippen MR) is 57.7 cm³/mol. The Bertz CT molecular complexity index is 454. The summed E-state index contributed by atoms with van der Waals surface area (Å²) in [4.78, 5) is 22.5. The van der Waals surface area contributed by atoms with Crippen LogP contribution < -0.4 is 32.6 Å². The second-order valence-corrected chi connectivity index (χ2v) is 4.27. The molecule has 0 saturated carbocycles. The topological polar surface area (TPSA) is 96.3 Å². The highest BCUT2D eigenvalue weighted by Crippen LogP contribution is 2.18. The number of carboxylic acid groups (broad SMARTS) is 1. The van der Waals surface area contributed by atoms with Gasteiger partial charge in [-0.15, -0.1) is 0 Å². The van der Waals surface area contributed by atoms with Crippen LogP contribution in [0.25, 0.3) is 0 Å². The highest BCUT2D eigenvalue weighted by atomic mass is 79.9. The summed E-state index contributed by atoms with van der Waals surface area (Å²) in [5.41, 5.74) is 4.81. The van der Waals surface area contributed by atoms with Gasteiger partial charge in [0.15, 0.2) is 24.5 Å². The van der Waals surface area contributed by atoms with E-state index in [1.165, 1.54) is 0 Å². The summed E-state index contributed by atoms with van der Waals surface area (Å²) in [5, 5.41) is 11.2. The molecule has 0 aromatic carbocycles. The van der Waals surface area contributed by atoms with E-state index in [1.807, 2.05) is 18.2 Å². The number of nitrogens with one attached hydrogen (secondary N) is 1. The van der Waals surface area contributed by atoms with Crippen molar-refractivity contribution in [1.29, 1.82) is 0 Å². The number of carbonyl (C=O) groups excluding carboxylic acids is 1. The van der Waals surface area contributed by atoms with E-state index >= 15 is 0 Å². The van der Waals surface area contributed by atoms with E-state index in [4.69, 9.17) is 10.8 Å². The maximum atomic E-state index is 11.7. The summed E-state index contributed by atoms with van der Waals surface area (Å²) in [6.07, 6.45) is 3.68. The third-order valence-corrected chi connectivity index (χ3v) is 2.87. The summed E-state index contributed by atoms with van der Waals surface area (Å²) in [7, 11) is 0. The molecule has 1 aromatic heterocycles. The smallest absolute Gasteiger partial charge is 0.326 e. The molecule has 2 heterocycles. The van der Waals surface area contributed by atoms with Crippen molar-refractivity contribution < 1.29 is 36.2 Å². The zero-order chi connectivity index (χ0) is 12.5. The molecule has 4 N–H and O–H groups in total. The summed E-state index contributed by atoms with van der Waals surface area (Å²) in [5.74, 6) is -1.47. The van der Waals surface area contributed by atoms with E-state index in [0.717, 1.165) is 0 Å². The number of amides is 1. The van der Waals surface area contributed by atoms with Gasteiger partial charge in [-0.25, -0.2) is 9.36 Å². The molecular weight excluding hydrogens is 302 g/mol. The van der Waals surface area contributed by atoms with Crippen LogP contribution in [0.5, 0.6) is 0 Å².